The Morgan fingerprint density at radius 2 is 1.44 bits per heavy atom. The quantitative estimate of drug-likeness (QED) is 0.369. The van der Waals surface area contributed by atoms with E-state index in [4.69, 9.17) is 12.2 Å². The van der Waals surface area contributed by atoms with E-state index in [0.717, 1.165) is 48.6 Å². The van der Waals surface area contributed by atoms with Crippen LogP contribution in [0.4, 0.5) is 0 Å². The SMILES string of the molecule is O=C(C[C@H](NC(=S)N1CCC(Cc2ccccc2)CC1)c1ccccc1)c1ccccc1. The van der Waals surface area contributed by atoms with Crippen molar-refractivity contribution in [2.45, 2.75) is 31.7 Å². The zero-order chi connectivity index (χ0) is 22.2. The Labute approximate surface area is 196 Å². The fourth-order valence-corrected chi connectivity index (χ4v) is 4.72. The van der Waals surface area contributed by atoms with Gasteiger partial charge in [0.15, 0.2) is 10.9 Å². The molecule has 0 aliphatic carbocycles. The van der Waals surface area contributed by atoms with Crippen molar-refractivity contribution in [1.29, 1.82) is 0 Å². The number of hydrogen-bond donors (Lipinski definition) is 1. The van der Waals surface area contributed by atoms with Crippen molar-refractivity contribution in [2.24, 2.45) is 5.92 Å². The molecule has 0 unspecified atom stereocenters. The molecule has 3 aromatic rings. The molecule has 0 saturated carbocycles. The fourth-order valence-electron chi connectivity index (χ4n) is 4.39. The first-order valence-corrected chi connectivity index (χ1v) is 11.8. The van der Waals surface area contributed by atoms with Crippen LogP contribution in [0.5, 0.6) is 0 Å². The zero-order valence-corrected chi connectivity index (χ0v) is 19.1. The van der Waals surface area contributed by atoms with Crippen LogP contribution in [0.25, 0.3) is 0 Å². The van der Waals surface area contributed by atoms with Crippen LogP contribution < -0.4 is 5.32 Å². The molecule has 3 aromatic carbocycles. The van der Waals surface area contributed by atoms with Crippen LogP contribution in [0.1, 0.15) is 46.8 Å². The summed E-state index contributed by atoms with van der Waals surface area (Å²) < 4.78 is 0. The monoisotopic (exact) mass is 442 g/mol. The second-order valence-electron chi connectivity index (χ2n) is 8.53. The summed E-state index contributed by atoms with van der Waals surface area (Å²) in [6.07, 6.45) is 3.77. The van der Waals surface area contributed by atoms with Crippen molar-refractivity contribution >= 4 is 23.1 Å². The van der Waals surface area contributed by atoms with Crippen molar-refractivity contribution in [3.8, 4) is 0 Å². The number of nitrogens with one attached hydrogen (secondary N) is 1. The average molecular weight is 443 g/mol. The molecule has 1 atom stereocenters. The standard InChI is InChI=1S/C28H30N2OS/c31-27(25-14-8-3-9-15-25)21-26(24-12-6-2-7-13-24)29-28(32)30-18-16-23(17-19-30)20-22-10-4-1-5-11-22/h1-15,23,26H,16-21H2,(H,29,32)/t26-/m0/s1. The van der Waals surface area contributed by atoms with Gasteiger partial charge >= 0.3 is 0 Å². The van der Waals surface area contributed by atoms with Gasteiger partial charge < -0.3 is 10.2 Å². The topological polar surface area (TPSA) is 32.3 Å². The normalized spacial score (nSPS) is 15.2. The highest BCUT2D eigenvalue weighted by Gasteiger charge is 2.24. The Kier molecular flexibility index (Phi) is 7.68. The van der Waals surface area contributed by atoms with Gasteiger partial charge in [-0.15, -0.1) is 0 Å². The number of carbonyl (C=O) groups is 1. The van der Waals surface area contributed by atoms with E-state index >= 15 is 0 Å². The Morgan fingerprint density at radius 3 is 2.06 bits per heavy atom. The van der Waals surface area contributed by atoms with Crippen molar-refractivity contribution in [3.63, 3.8) is 0 Å². The highest BCUT2D eigenvalue weighted by molar-refractivity contribution is 7.80. The van der Waals surface area contributed by atoms with E-state index in [9.17, 15) is 4.79 Å². The van der Waals surface area contributed by atoms with Crippen molar-refractivity contribution in [3.05, 3.63) is 108 Å². The third-order valence-corrected chi connectivity index (χ3v) is 6.63. The molecular weight excluding hydrogens is 412 g/mol. The number of benzene rings is 3. The van der Waals surface area contributed by atoms with Crippen molar-refractivity contribution < 1.29 is 4.79 Å². The summed E-state index contributed by atoms with van der Waals surface area (Å²) in [6, 6.07) is 30.2. The van der Waals surface area contributed by atoms with E-state index in [-0.39, 0.29) is 11.8 Å². The first-order chi connectivity index (χ1) is 15.7. The minimum absolute atomic E-state index is 0.122. The number of nitrogens with zero attached hydrogens (tertiary/aromatic N) is 1. The van der Waals surface area contributed by atoms with Gasteiger partial charge in [-0.1, -0.05) is 91.0 Å². The fraction of sp³-hybridized carbons (Fsp3) is 0.286. The Hall–Kier alpha value is -2.98. The summed E-state index contributed by atoms with van der Waals surface area (Å²) in [4.78, 5) is 15.2. The van der Waals surface area contributed by atoms with Crippen LogP contribution >= 0.6 is 12.2 Å². The van der Waals surface area contributed by atoms with Crippen LogP contribution in [0.2, 0.25) is 0 Å². The first-order valence-electron chi connectivity index (χ1n) is 11.4. The van der Waals surface area contributed by atoms with Gasteiger partial charge in [-0.25, -0.2) is 0 Å². The maximum atomic E-state index is 12.9. The highest BCUT2D eigenvalue weighted by Crippen LogP contribution is 2.24. The van der Waals surface area contributed by atoms with Gasteiger partial charge in [0, 0.05) is 25.1 Å². The summed E-state index contributed by atoms with van der Waals surface area (Å²) >= 11 is 5.79. The summed E-state index contributed by atoms with van der Waals surface area (Å²) in [5, 5.41) is 4.25. The summed E-state index contributed by atoms with van der Waals surface area (Å²) in [5.41, 5.74) is 3.23. The van der Waals surface area contributed by atoms with Crippen molar-refractivity contribution in [2.75, 3.05) is 13.1 Å². The van der Waals surface area contributed by atoms with Gasteiger partial charge in [0.1, 0.15) is 0 Å². The number of rotatable bonds is 7. The molecule has 0 aromatic heterocycles. The third kappa shape index (κ3) is 6.04. The minimum Gasteiger partial charge on any atom is -0.355 e. The van der Waals surface area contributed by atoms with Gasteiger partial charge in [0.25, 0.3) is 0 Å². The average Bonchev–Trinajstić information content (AvgIpc) is 2.85. The number of carbonyl (C=O) groups excluding carboxylic acids is 1. The lowest BCUT2D eigenvalue weighted by Crippen LogP contribution is -2.46. The molecule has 0 amide bonds. The maximum absolute atomic E-state index is 12.9. The molecule has 0 spiro atoms. The predicted octanol–water partition coefficient (Wildman–Crippen LogP) is 5.83. The number of Topliss-reactive ketones (excluding diaryl/α,β-unsaturated/α-hetero) is 1. The Morgan fingerprint density at radius 1 is 0.875 bits per heavy atom. The molecule has 1 aliphatic heterocycles. The smallest absolute Gasteiger partial charge is 0.169 e. The summed E-state index contributed by atoms with van der Waals surface area (Å²) in [6.45, 7) is 1.91. The van der Waals surface area contributed by atoms with Crippen LogP contribution in [-0.4, -0.2) is 28.9 Å². The second-order valence-corrected chi connectivity index (χ2v) is 8.91. The first kappa shape index (κ1) is 22.2. The number of likely N-dealkylation sites (tertiary alicyclic amines) is 1. The van der Waals surface area contributed by atoms with Gasteiger partial charge in [-0.2, -0.15) is 0 Å². The van der Waals surface area contributed by atoms with Gasteiger partial charge in [-0.3, -0.25) is 4.79 Å². The predicted molar refractivity (Wildman–Crippen MR) is 135 cm³/mol. The highest BCUT2D eigenvalue weighted by atomic mass is 32.1. The molecule has 1 aliphatic rings. The molecule has 1 saturated heterocycles. The second kappa shape index (κ2) is 11.1. The minimum atomic E-state index is -0.140. The lowest BCUT2D eigenvalue weighted by molar-refractivity contribution is 0.0971. The van der Waals surface area contributed by atoms with E-state index in [1.165, 1.54) is 5.56 Å². The van der Waals surface area contributed by atoms with E-state index in [0.29, 0.717) is 12.3 Å². The van der Waals surface area contributed by atoms with E-state index in [2.05, 4.69) is 52.7 Å². The van der Waals surface area contributed by atoms with Crippen LogP contribution in [0.3, 0.4) is 0 Å². The lowest BCUT2D eigenvalue weighted by Gasteiger charge is -2.35. The molecule has 32 heavy (non-hydrogen) atoms. The largest absolute Gasteiger partial charge is 0.355 e. The van der Waals surface area contributed by atoms with Crippen molar-refractivity contribution in [1.82, 2.24) is 10.2 Å². The molecule has 0 bridgehead atoms. The molecule has 0 radical (unpaired) electrons. The number of ketones is 1. The molecule has 3 nitrogen and oxygen atoms in total. The molecule has 1 fully saturated rings. The number of hydrogen-bond acceptors (Lipinski definition) is 2. The Balaban J connectivity index is 1.37. The number of thiocarbonyl (C=S) groups is 1. The molecule has 164 valence electrons. The van der Waals surface area contributed by atoms with Gasteiger partial charge in [-0.05, 0) is 48.5 Å². The molecule has 4 rings (SSSR count). The molecular formula is C28H30N2OS. The maximum Gasteiger partial charge on any atom is 0.169 e. The Bertz CT molecular complexity index is 999. The van der Waals surface area contributed by atoms with Gasteiger partial charge in [0.2, 0.25) is 0 Å². The lowest BCUT2D eigenvalue weighted by atomic mass is 9.90. The molecule has 4 heteroatoms. The molecule has 1 N–H and O–H groups in total. The van der Waals surface area contributed by atoms with E-state index in [1.54, 1.807) is 0 Å². The number of piperidine rings is 1. The summed E-state index contributed by atoms with van der Waals surface area (Å²) in [5.74, 6) is 0.817. The van der Waals surface area contributed by atoms with Crippen LogP contribution in [-0.2, 0) is 6.42 Å². The van der Waals surface area contributed by atoms with Crippen LogP contribution in [0, 0.1) is 5.92 Å². The van der Waals surface area contributed by atoms with Crippen LogP contribution in [0.15, 0.2) is 91.0 Å². The third-order valence-electron chi connectivity index (χ3n) is 6.25. The zero-order valence-electron chi connectivity index (χ0n) is 18.3. The van der Waals surface area contributed by atoms with E-state index < -0.39 is 0 Å². The van der Waals surface area contributed by atoms with Gasteiger partial charge in [0.05, 0.1) is 6.04 Å². The summed E-state index contributed by atoms with van der Waals surface area (Å²) in [7, 11) is 0. The van der Waals surface area contributed by atoms with E-state index in [1.807, 2.05) is 48.5 Å². The molecule has 1 heterocycles.